The highest BCUT2D eigenvalue weighted by Gasteiger charge is 2.31. The summed E-state index contributed by atoms with van der Waals surface area (Å²) in [4.78, 5) is 11.5. The Bertz CT molecular complexity index is 848. The van der Waals surface area contributed by atoms with Gasteiger partial charge in [-0.2, -0.15) is 0 Å². The highest BCUT2D eigenvalue weighted by Crippen LogP contribution is 2.39. The van der Waals surface area contributed by atoms with Gasteiger partial charge in [0.15, 0.2) is 11.5 Å². The SMILES string of the molecule is COc1cc(OC(F)(F)F)ccc1Oc1ccc(C(F)F)c(C)c1C(=O)O. The van der Waals surface area contributed by atoms with Crippen molar-refractivity contribution in [2.24, 2.45) is 0 Å². The van der Waals surface area contributed by atoms with E-state index in [2.05, 4.69) is 4.74 Å². The van der Waals surface area contributed by atoms with Crippen molar-refractivity contribution < 1.29 is 46.1 Å². The number of aromatic carboxylic acids is 1. The number of ether oxygens (including phenoxy) is 3. The molecule has 5 nitrogen and oxygen atoms in total. The normalized spacial score (nSPS) is 11.4. The van der Waals surface area contributed by atoms with Gasteiger partial charge in [-0.25, -0.2) is 13.6 Å². The summed E-state index contributed by atoms with van der Waals surface area (Å²) in [6.45, 7) is 1.20. The molecule has 0 aliphatic rings. The molecular weight excluding hydrogens is 379 g/mol. The summed E-state index contributed by atoms with van der Waals surface area (Å²) >= 11 is 0. The number of benzene rings is 2. The van der Waals surface area contributed by atoms with Gasteiger partial charge in [0.25, 0.3) is 6.43 Å². The van der Waals surface area contributed by atoms with Gasteiger partial charge in [0.1, 0.15) is 17.1 Å². The van der Waals surface area contributed by atoms with Crippen molar-refractivity contribution >= 4 is 5.97 Å². The third-order valence-electron chi connectivity index (χ3n) is 3.51. The van der Waals surface area contributed by atoms with Crippen molar-refractivity contribution in [1.29, 1.82) is 0 Å². The van der Waals surface area contributed by atoms with Crippen molar-refractivity contribution in [3.05, 3.63) is 47.0 Å². The van der Waals surface area contributed by atoms with Crippen LogP contribution in [0.2, 0.25) is 0 Å². The molecule has 2 aromatic rings. The Kier molecular flexibility index (Phi) is 5.77. The summed E-state index contributed by atoms with van der Waals surface area (Å²) < 4.78 is 76.9. The molecular formula is C17H13F5O5. The lowest BCUT2D eigenvalue weighted by molar-refractivity contribution is -0.274. The molecule has 0 saturated carbocycles. The molecule has 0 radical (unpaired) electrons. The van der Waals surface area contributed by atoms with Crippen molar-refractivity contribution in [2.45, 2.75) is 19.7 Å². The Balaban J connectivity index is 2.45. The molecule has 10 heteroatoms. The lowest BCUT2D eigenvalue weighted by Crippen LogP contribution is -2.17. The zero-order valence-corrected chi connectivity index (χ0v) is 13.9. The lowest BCUT2D eigenvalue weighted by Gasteiger charge is -2.16. The number of hydrogen-bond acceptors (Lipinski definition) is 4. The van der Waals surface area contributed by atoms with Gasteiger partial charge in [-0.05, 0) is 36.8 Å². The second-order valence-corrected chi connectivity index (χ2v) is 5.22. The van der Waals surface area contributed by atoms with E-state index in [0.717, 1.165) is 37.4 Å². The van der Waals surface area contributed by atoms with E-state index in [0.29, 0.717) is 0 Å². The quantitative estimate of drug-likeness (QED) is 0.673. The Labute approximate surface area is 149 Å². The Morgan fingerprint density at radius 2 is 1.70 bits per heavy atom. The standard InChI is InChI=1S/C17H13F5O5/c1-8-10(15(18)19)4-6-12(14(8)16(23)24)26-11-5-3-9(7-13(11)25-2)27-17(20,21)22/h3-7,15H,1-2H3,(H,23,24). The minimum Gasteiger partial charge on any atom is -0.493 e. The fourth-order valence-corrected chi connectivity index (χ4v) is 2.34. The van der Waals surface area contributed by atoms with Crippen LogP contribution < -0.4 is 14.2 Å². The largest absolute Gasteiger partial charge is 0.573 e. The predicted octanol–water partition coefficient (Wildman–Crippen LogP) is 5.33. The molecule has 0 bridgehead atoms. The third-order valence-corrected chi connectivity index (χ3v) is 3.51. The van der Waals surface area contributed by atoms with Gasteiger partial charge in [0.2, 0.25) is 0 Å². The maximum atomic E-state index is 13.0. The maximum Gasteiger partial charge on any atom is 0.573 e. The van der Waals surface area contributed by atoms with E-state index in [1.54, 1.807) is 0 Å². The summed E-state index contributed by atoms with van der Waals surface area (Å²) in [5.74, 6) is -2.65. The molecule has 0 saturated heterocycles. The maximum absolute atomic E-state index is 13.0. The molecule has 146 valence electrons. The molecule has 0 amide bonds. The van der Waals surface area contributed by atoms with Crippen LogP contribution in [0.4, 0.5) is 22.0 Å². The molecule has 2 aromatic carbocycles. The van der Waals surface area contributed by atoms with Crippen LogP contribution in [0.5, 0.6) is 23.0 Å². The van der Waals surface area contributed by atoms with Gasteiger partial charge in [0, 0.05) is 11.6 Å². The molecule has 27 heavy (non-hydrogen) atoms. The minimum absolute atomic E-state index is 0.126. The Morgan fingerprint density at radius 3 is 2.22 bits per heavy atom. The first-order valence-electron chi connectivity index (χ1n) is 7.30. The summed E-state index contributed by atoms with van der Waals surface area (Å²) in [5, 5.41) is 9.33. The molecule has 0 aliphatic heterocycles. The molecule has 0 heterocycles. The van der Waals surface area contributed by atoms with Crippen LogP contribution in [0.25, 0.3) is 0 Å². The lowest BCUT2D eigenvalue weighted by atomic mass is 10.0. The van der Waals surface area contributed by atoms with Crippen LogP contribution in [0.3, 0.4) is 0 Å². The van der Waals surface area contributed by atoms with E-state index in [4.69, 9.17) is 9.47 Å². The number of methoxy groups -OCH3 is 1. The number of rotatable bonds is 6. The fourth-order valence-electron chi connectivity index (χ4n) is 2.34. The van der Waals surface area contributed by atoms with Crippen LogP contribution in [0.15, 0.2) is 30.3 Å². The van der Waals surface area contributed by atoms with E-state index >= 15 is 0 Å². The van der Waals surface area contributed by atoms with Crippen LogP contribution in [0.1, 0.15) is 27.9 Å². The van der Waals surface area contributed by atoms with Gasteiger partial charge in [-0.3, -0.25) is 0 Å². The summed E-state index contributed by atoms with van der Waals surface area (Å²) in [7, 11) is 1.16. The average Bonchev–Trinajstić information content (AvgIpc) is 2.54. The molecule has 0 aliphatic carbocycles. The number of carboxylic acids is 1. The van der Waals surface area contributed by atoms with Crippen molar-refractivity contribution in [3.8, 4) is 23.0 Å². The predicted molar refractivity (Wildman–Crippen MR) is 82.8 cm³/mol. The molecule has 2 rings (SSSR count). The number of halogens is 5. The third kappa shape index (κ3) is 4.78. The monoisotopic (exact) mass is 392 g/mol. The average molecular weight is 392 g/mol. The van der Waals surface area contributed by atoms with Gasteiger partial charge in [-0.15, -0.1) is 13.2 Å². The van der Waals surface area contributed by atoms with Crippen LogP contribution in [-0.4, -0.2) is 24.5 Å². The van der Waals surface area contributed by atoms with E-state index in [1.165, 1.54) is 6.92 Å². The van der Waals surface area contributed by atoms with Crippen LogP contribution >= 0.6 is 0 Å². The molecule has 0 spiro atoms. The van der Waals surface area contributed by atoms with Crippen LogP contribution in [-0.2, 0) is 0 Å². The van der Waals surface area contributed by atoms with Gasteiger partial charge in [0.05, 0.1) is 7.11 Å². The second-order valence-electron chi connectivity index (χ2n) is 5.22. The number of hydrogen-bond donors (Lipinski definition) is 1. The zero-order chi connectivity index (χ0) is 20.4. The minimum atomic E-state index is -4.91. The van der Waals surface area contributed by atoms with E-state index < -0.39 is 35.6 Å². The first kappa shape index (κ1) is 20.3. The smallest absolute Gasteiger partial charge is 0.493 e. The molecule has 0 unspecified atom stereocenters. The highest BCUT2D eigenvalue weighted by atomic mass is 19.4. The Morgan fingerprint density at radius 1 is 1.07 bits per heavy atom. The first-order valence-corrected chi connectivity index (χ1v) is 7.30. The molecule has 0 fully saturated rings. The number of alkyl halides is 5. The van der Waals surface area contributed by atoms with Gasteiger partial charge in [-0.1, -0.05) is 0 Å². The van der Waals surface area contributed by atoms with Gasteiger partial charge >= 0.3 is 12.3 Å². The summed E-state index contributed by atoms with van der Waals surface area (Å²) in [6, 6.07) is 4.95. The number of carboxylic acid groups (broad SMARTS) is 1. The number of carbonyl (C=O) groups is 1. The summed E-state index contributed by atoms with van der Waals surface area (Å²) in [5.41, 5.74) is -1.16. The second kappa shape index (κ2) is 7.68. The van der Waals surface area contributed by atoms with Gasteiger partial charge < -0.3 is 19.3 Å². The summed E-state index contributed by atoms with van der Waals surface area (Å²) in [6.07, 6.45) is -7.79. The van der Waals surface area contributed by atoms with Crippen LogP contribution in [0, 0.1) is 6.92 Å². The fraction of sp³-hybridized carbons (Fsp3) is 0.235. The van der Waals surface area contributed by atoms with Crippen molar-refractivity contribution in [2.75, 3.05) is 7.11 Å². The molecule has 0 aromatic heterocycles. The van der Waals surface area contributed by atoms with E-state index in [1.807, 2.05) is 0 Å². The van der Waals surface area contributed by atoms with Crippen molar-refractivity contribution in [1.82, 2.24) is 0 Å². The molecule has 1 N–H and O–H groups in total. The van der Waals surface area contributed by atoms with Crippen molar-refractivity contribution in [3.63, 3.8) is 0 Å². The van der Waals surface area contributed by atoms with E-state index in [9.17, 15) is 31.9 Å². The first-order chi connectivity index (χ1) is 12.5. The Hall–Kier alpha value is -3.04. The van der Waals surface area contributed by atoms with E-state index in [-0.39, 0.29) is 22.8 Å². The molecule has 0 atom stereocenters. The zero-order valence-electron chi connectivity index (χ0n) is 13.9. The topological polar surface area (TPSA) is 65.0 Å². The highest BCUT2D eigenvalue weighted by molar-refractivity contribution is 5.93.